The van der Waals surface area contributed by atoms with Gasteiger partial charge < -0.3 is 16.4 Å². The molecule has 0 saturated carbocycles. The van der Waals surface area contributed by atoms with E-state index in [0.717, 1.165) is 14.9 Å². The quantitative estimate of drug-likeness (QED) is 0.562. The van der Waals surface area contributed by atoms with Crippen molar-refractivity contribution in [1.82, 2.24) is 5.32 Å². The summed E-state index contributed by atoms with van der Waals surface area (Å²) in [4.78, 5) is 11.8. The van der Waals surface area contributed by atoms with Gasteiger partial charge in [-0.05, 0) is 72.0 Å². The summed E-state index contributed by atoms with van der Waals surface area (Å²) in [6.45, 7) is 2.49. The molecule has 2 aromatic rings. The topological polar surface area (TPSA) is 67.2 Å². The van der Waals surface area contributed by atoms with Gasteiger partial charge in [0.2, 0.25) is 0 Å². The Labute approximate surface area is 131 Å². The zero-order chi connectivity index (χ0) is 14.5. The average Bonchev–Trinajstić information content (AvgIpc) is 2.44. The lowest BCUT2D eigenvalue weighted by molar-refractivity contribution is 0.0956. The average molecular weight is 381 g/mol. The van der Waals surface area contributed by atoms with E-state index >= 15 is 0 Å². The van der Waals surface area contributed by atoms with Crippen LogP contribution < -0.4 is 16.4 Å². The van der Waals surface area contributed by atoms with Gasteiger partial charge in [-0.15, -0.1) is 0 Å². The Hall–Kier alpha value is -1.76. The van der Waals surface area contributed by atoms with E-state index in [4.69, 9.17) is 5.73 Å². The molecule has 0 aliphatic heterocycles. The molecule has 0 aliphatic carbocycles. The molecular formula is C15H16IN3O. The van der Waals surface area contributed by atoms with Gasteiger partial charge in [-0.3, -0.25) is 4.79 Å². The molecule has 1 amide bonds. The molecular weight excluding hydrogens is 365 g/mol. The molecule has 0 heterocycles. The van der Waals surface area contributed by atoms with E-state index < -0.39 is 0 Å². The molecule has 0 aromatic heterocycles. The van der Waals surface area contributed by atoms with Crippen LogP contribution in [0.15, 0.2) is 42.5 Å². The van der Waals surface area contributed by atoms with Crippen molar-refractivity contribution < 1.29 is 4.79 Å². The van der Waals surface area contributed by atoms with Crippen molar-refractivity contribution in [2.45, 2.75) is 6.92 Å². The second kappa shape index (κ2) is 6.60. The molecule has 0 unspecified atom stereocenters. The largest absolute Gasteiger partial charge is 0.397 e. The van der Waals surface area contributed by atoms with Gasteiger partial charge in [0, 0.05) is 21.4 Å². The predicted octanol–water partition coefficient (Wildman–Crippen LogP) is 3.37. The Morgan fingerprint density at radius 3 is 2.55 bits per heavy atom. The minimum Gasteiger partial charge on any atom is -0.397 e. The molecule has 0 atom stereocenters. The molecule has 0 spiro atoms. The number of hydrogen-bond donors (Lipinski definition) is 3. The number of hydrogen-bond acceptors (Lipinski definition) is 3. The number of anilines is 3. The number of halogens is 1. The third-order valence-corrected chi connectivity index (χ3v) is 3.50. The number of nitrogen functional groups attached to an aromatic ring is 1. The van der Waals surface area contributed by atoms with Crippen molar-refractivity contribution in [1.29, 1.82) is 0 Å². The van der Waals surface area contributed by atoms with Crippen LogP contribution in [0.1, 0.15) is 17.3 Å². The molecule has 4 N–H and O–H groups in total. The van der Waals surface area contributed by atoms with Crippen LogP contribution in [0.25, 0.3) is 0 Å². The molecule has 4 nitrogen and oxygen atoms in total. The standard InChI is InChI=1S/C15H16IN3O/c1-2-18-15(20)10-3-8-13(17)14(9-10)19-12-6-4-11(16)5-7-12/h3-9,19H,2,17H2,1H3,(H,18,20). The highest BCUT2D eigenvalue weighted by atomic mass is 127. The van der Waals surface area contributed by atoms with Gasteiger partial charge >= 0.3 is 0 Å². The zero-order valence-corrected chi connectivity index (χ0v) is 13.3. The Balaban J connectivity index is 2.24. The summed E-state index contributed by atoms with van der Waals surface area (Å²) in [7, 11) is 0. The minimum atomic E-state index is -0.0989. The SMILES string of the molecule is CCNC(=O)c1ccc(N)c(Nc2ccc(I)cc2)c1. The van der Waals surface area contributed by atoms with Crippen LogP contribution in [-0.2, 0) is 0 Å². The van der Waals surface area contributed by atoms with Gasteiger partial charge in [0.1, 0.15) is 0 Å². The van der Waals surface area contributed by atoms with Crippen molar-refractivity contribution in [3.63, 3.8) is 0 Å². The van der Waals surface area contributed by atoms with Crippen LogP contribution in [-0.4, -0.2) is 12.5 Å². The second-order valence-electron chi connectivity index (χ2n) is 4.29. The fourth-order valence-electron chi connectivity index (χ4n) is 1.76. The van der Waals surface area contributed by atoms with Crippen molar-refractivity contribution in [2.24, 2.45) is 0 Å². The van der Waals surface area contributed by atoms with Crippen LogP contribution in [0, 0.1) is 3.57 Å². The smallest absolute Gasteiger partial charge is 0.251 e. The minimum absolute atomic E-state index is 0.0989. The normalized spacial score (nSPS) is 10.1. The molecule has 2 rings (SSSR count). The van der Waals surface area contributed by atoms with Crippen molar-refractivity contribution in [3.05, 3.63) is 51.6 Å². The van der Waals surface area contributed by atoms with Crippen LogP contribution in [0.4, 0.5) is 17.1 Å². The highest BCUT2D eigenvalue weighted by molar-refractivity contribution is 14.1. The summed E-state index contributed by atoms with van der Waals surface area (Å²) in [5.41, 5.74) is 8.81. The number of carbonyl (C=O) groups excluding carboxylic acids is 1. The number of nitrogens with two attached hydrogens (primary N) is 1. The first-order valence-corrected chi connectivity index (χ1v) is 7.38. The van der Waals surface area contributed by atoms with Gasteiger partial charge in [-0.25, -0.2) is 0 Å². The van der Waals surface area contributed by atoms with Gasteiger partial charge in [0.25, 0.3) is 5.91 Å². The number of carbonyl (C=O) groups is 1. The van der Waals surface area contributed by atoms with Gasteiger partial charge in [-0.2, -0.15) is 0 Å². The highest BCUT2D eigenvalue weighted by Crippen LogP contribution is 2.24. The summed E-state index contributed by atoms with van der Waals surface area (Å²) in [6.07, 6.45) is 0. The first-order valence-electron chi connectivity index (χ1n) is 6.30. The summed E-state index contributed by atoms with van der Waals surface area (Å²) >= 11 is 2.25. The molecule has 0 saturated heterocycles. The molecule has 20 heavy (non-hydrogen) atoms. The van der Waals surface area contributed by atoms with E-state index in [2.05, 4.69) is 33.2 Å². The lowest BCUT2D eigenvalue weighted by Crippen LogP contribution is -2.22. The number of rotatable bonds is 4. The zero-order valence-electron chi connectivity index (χ0n) is 11.1. The maximum absolute atomic E-state index is 11.8. The Morgan fingerprint density at radius 1 is 1.20 bits per heavy atom. The van der Waals surface area contributed by atoms with E-state index in [1.807, 2.05) is 31.2 Å². The van der Waals surface area contributed by atoms with Crippen LogP contribution in [0.3, 0.4) is 0 Å². The summed E-state index contributed by atoms with van der Waals surface area (Å²) in [6, 6.07) is 13.2. The molecule has 104 valence electrons. The third kappa shape index (κ3) is 3.63. The van der Waals surface area contributed by atoms with Crippen molar-refractivity contribution >= 4 is 45.6 Å². The maximum Gasteiger partial charge on any atom is 0.251 e. The number of amides is 1. The van der Waals surface area contributed by atoms with E-state index in [1.54, 1.807) is 18.2 Å². The van der Waals surface area contributed by atoms with Crippen LogP contribution >= 0.6 is 22.6 Å². The number of nitrogens with one attached hydrogen (secondary N) is 2. The first-order chi connectivity index (χ1) is 9.60. The summed E-state index contributed by atoms with van der Waals surface area (Å²) < 4.78 is 1.16. The second-order valence-corrected chi connectivity index (χ2v) is 5.54. The number of benzene rings is 2. The molecule has 0 aliphatic rings. The van der Waals surface area contributed by atoms with Crippen molar-refractivity contribution in [3.8, 4) is 0 Å². The predicted molar refractivity (Wildman–Crippen MR) is 91.3 cm³/mol. The molecule has 5 heteroatoms. The van der Waals surface area contributed by atoms with Crippen LogP contribution in [0.5, 0.6) is 0 Å². The third-order valence-electron chi connectivity index (χ3n) is 2.78. The van der Waals surface area contributed by atoms with Crippen molar-refractivity contribution in [2.75, 3.05) is 17.6 Å². The maximum atomic E-state index is 11.8. The van der Waals surface area contributed by atoms with Crippen LogP contribution in [0.2, 0.25) is 0 Å². The molecule has 0 bridgehead atoms. The van der Waals surface area contributed by atoms with E-state index in [-0.39, 0.29) is 5.91 Å². The lowest BCUT2D eigenvalue weighted by Gasteiger charge is -2.11. The lowest BCUT2D eigenvalue weighted by atomic mass is 10.1. The van der Waals surface area contributed by atoms with E-state index in [0.29, 0.717) is 17.8 Å². The van der Waals surface area contributed by atoms with Gasteiger partial charge in [0.05, 0.1) is 11.4 Å². The Kier molecular flexibility index (Phi) is 4.84. The summed E-state index contributed by atoms with van der Waals surface area (Å²) in [5.74, 6) is -0.0989. The molecule has 2 aromatic carbocycles. The van der Waals surface area contributed by atoms with E-state index in [9.17, 15) is 4.79 Å². The summed E-state index contributed by atoms with van der Waals surface area (Å²) in [5, 5.41) is 6.00. The first kappa shape index (κ1) is 14.6. The van der Waals surface area contributed by atoms with Gasteiger partial charge in [-0.1, -0.05) is 0 Å². The fraction of sp³-hybridized carbons (Fsp3) is 0.133. The fourth-order valence-corrected chi connectivity index (χ4v) is 2.12. The monoisotopic (exact) mass is 381 g/mol. The van der Waals surface area contributed by atoms with Gasteiger partial charge in [0.15, 0.2) is 0 Å². The molecule has 0 fully saturated rings. The highest BCUT2D eigenvalue weighted by Gasteiger charge is 2.07. The Morgan fingerprint density at radius 2 is 1.90 bits per heavy atom. The molecule has 0 radical (unpaired) electrons. The Bertz CT molecular complexity index is 611. The van der Waals surface area contributed by atoms with E-state index in [1.165, 1.54) is 0 Å².